The molecule has 12 heteroatoms. The predicted molar refractivity (Wildman–Crippen MR) is 148 cm³/mol. The Balaban J connectivity index is 1.11. The van der Waals surface area contributed by atoms with Crippen molar-refractivity contribution in [2.24, 2.45) is 11.8 Å². The summed E-state index contributed by atoms with van der Waals surface area (Å²) in [6, 6.07) is 6.24. The molecule has 0 bridgehead atoms. The Bertz CT molecular complexity index is 1420. The van der Waals surface area contributed by atoms with E-state index in [-0.39, 0.29) is 64.9 Å². The number of carboxylic acid groups (broad SMARTS) is 1. The lowest BCUT2D eigenvalue weighted by Crippen LogP contribution is -2.59. The molecule has 1 N–H and O–H groups in total. The van der Waals surface area contributed by atoms with Gasteiger partial charge in [0.15, 0.2) is 6.73 Å². The van der Waals surface area contributed by atoms with Crippen LogP contribution in [0.5, 0.6) is 5.75 Å². The van der Waals surface area contributed by atoms with Crippen molar-refractivity contribution in [1.82, 2.24) is 9.80 Å². The molecule has 43 heavy (non-hydrogen) atoms. The predicted octanol–water partition coefficient (Wildman–Crippen LogP) is 6.33. The average Bonchev–Trinajstić information content (AvgIpc) is 3.82. The molecule has 7 nitrogen and oxygen atoms in total. The highest BCUT2D eigenvalue weighted by molar-refractivity contribution is 6.32. The van der Waals surface area contributed by atoms with Crippen LogP contribution in [0.25, 0.3) is 0 Å². The first-order chi connectivity index (χ1) is 20.4. The number of nitrogens with zero attached hydrogens (tertiary/aromatic N) is 2. The number of amides is 1. The molecule has 3 aliphatic heterocycles. The van der Waals surface area contributed by atoms with Crippen LogP contribution in [0.4, 0.5) is 17.6 Å². The van der Waals surface area contributed by atoms with Gasteiger partial charge in [-0.3, -0.25) is 9.69 Å². The molecule has 0 aromatic heterocycles. The third-order valence-corrected chi connectivity index (χ3v) is 9.82. The summed E-state index contributed by atoms with van der Waals surface area (Å²) in [4.78, 5) is 29.2. The molecular weight excluding hydrogens is 592 g/mol. The van der Waals surface area contributed by atoms with Crippen molar-refractivity contribution >= 4 is 23.5 Å². The number of piperidine rings is 1. The SMILES string of the molecule is C[C@H]1CN([C@@H]2CC[C@@](C(=O)N3COc4c(Cl)cc(C(F)(F)F)cc4C3)(C3CC3)OC2)CC[C@@H]1c1ccc(F)c(C(=O)O)c1. The Morgan fingerprint density at radius 1 is 1.12 bits per heavy atom. The number of fused-ring (bicyclic) bond motifs is 1. The minimum absolute atomic E-state index is 0.0446. The van der Waals surface area contributed by atoms with Gasteiger partial charge in [0.25, 0.3) is 5.91 Å². The van der Waals surface area contributed by atoms with Crippen molar-refractivity contribution in [3.05, 3.63) is 63.4 Å². The summed E-state index contributed by atoms with van der Waals surface area (Å²) in [6.07, 6.45) is -0.860. The lowest BCUT2D eigenvalue weighted by molar-refractivity contribution is -0.180. The Kier molecular flexibility index (Phi) is 7.88. The first-order valence-electron chi connectivity index (χ1n) is 14.6. The summed E-state index contributed by atoms with van der Waals surface area (Å²) in [5.41, 5.74) is -1.21. The number of hydrogen-bond acceptors (Lipinski definition) is 5. The number of likely N-dealkylation sites (tertiary alicyclic amines) is 1. The summed E-state index contributed by atoms with van der Waals surface area (Å²) >= 11 is 6.09. The number of carboxylic acids is 1. The van der Waals surface area contributed by atoms with Crippen LogP contribution in [0.2, 0.25) is 5.02 Å². The van der Waals surface area contributed by atoms with Crippen LogP contribution in [0.1, 0.15) is 72.0 Å². The monoisotopic (exact) mass is 624 g/mol. The zero-order valence-corrected chi connectivity index (χ0v) is 24.4. The van der Waals surface area contributed by atoms with Crippen molar-refractivity contribution < 1.29 is 41.7 Å². The summed E-state index contributed by atoms with van der Waals surface area (Å²) in [6.45, 7) is 3.81. The minimum atomic E-state index is -4.58. The van der Waals surface area contributed by atoms with E-state index < -0.39 is 29.1 Å². The molecule has 0 unspecified atom stereocenters. The van der Waals surface area contributed by atoms with Crippen LogP contribution < -0.4 is 4.74 Å². The van der Waals surface area contributed by atoms with Crippen LogP contribution in [-0.2, 0) is 22.3 Å². The fourth-order valence-electron chi connectivity index (χ4n) is 7.11. The Morgan fingerprint density at radius 2 is 1.88 bits per heavy atom. The van der Waals surface area contributed by atoms with Gasteiger partial charge in [-0.05, 0) is 86.2 Å². The molecule has 2 aromatic rings. The molecular formula is C31H33ClF4N2O5. The number of carbonyl (C=O) groups excluding carboxylic acids is 1. The summed E-state index contributed by atoms with van der Waals surface area (Å²) in [7, 11) is 0. The number of alkyl halides is 3. The maximum Gasteiger partial charge on any atom is 0.416 e. The van der Waals surface area contributed by atoms with E-state index in [1.54, 1.807) is 6.07 Å². The largest absolute Gasteiger partial charge is 0.478 e. The highest BCUT2D eigenvalue weighted by Gasteiger charge is 2.56. The van der Waals surface area contributed by atoms with Gasteiger partial charge < -0.3 is 19.5 Å². The van der Waals surface area contributed by atoms with E-state index in [1.165, 1.54) is 17.0 Å². The van der Waals surface area contributed by atoms with E-state index in [1.807, 2.05) is 0 Å². The second-order valence-electron chi connectivity index (χ2n) is 12.3. The van der Waals surface area contributed by atoms with Crippen LogP contribution in [0.3, 0.4) is 0 Å². The van der Waals surface area contributed by atoms with Gasteiger partial charge in [-0.15, -0.1) is 0 Å². The Morgan fingerprint density at radius 3 is 2.51 bits per heavy atom. The number of carbonyl (C=O) groups is 2. The van der Waals surface area contributed by atoms with Crippen LogP contribution in [0.15, 0.2) is 30.3 Å². The quantitative estimate of drug-likeness (QED) is 0.392. The average molecular weight is 625 g/mol. The molecule has 1 aliphatic carbocycles. The van der Waals surface area contributed by atoms with Crippen molar-refractivity contribution in [3.63, 3.8) is 0 Å². The zero-order valence-electron chi connectivity index (χ0n) is 23.6. The highest BCUT2D eigenvalue weighted by atomic mass is 35.5. The number of hydrogen-bond donors (Lipinski definition) is 1. The number of aromatic carboxylic acids is 1. The van der Waals surface area contributed by atoms with Gasteiger partial charge >= 0.3 is 12.1 Å². The van der Waals surface area contributed by atoms with Gasteiger partial charge in [-0.25, -0.2) is 9.18 Å². The molecule has 2 aromatic carbocycles. The Hall–Kier alpha value is -2.89. The lowest BCUT2D eigenvalue weighted by atomic mass is 9.79. The third kappa shape index (κ3) is 5.71. The van der Waals surface area contributed by atoms with Crippen molar-refractivity contribution in [2.45, 2.75) is 69.3 Å². The van der Waals surface area contributed by atoms with E-state index in [0.29, 0.717) is 13.0 Å². The molecule has 3 fully saturated rings. The molecule has 3 heterocycles. The molecule has 1 amide bonds. The lowest BCUT2D eigenvalue weighted by Gasteiger charge is -2.47. The van der Waals surface area contributed by atoms with Crippen LogP contribution in [-0.4, -0.2) is 64.9 Å². The fraction of sp³-hybridized carbons (Fsp3) is 0.548. The maximum atomic E-state index is 14.0. The standard InChI is InChI=1S/C31H33ClF4N2O5/c1-17-13-37(9-7-23(17)18-2-5-26(33)24(11-18)28(39)40)22-6-8-30(43-15-22,20-3-4-20)29(41)38-14-19-10-21(31(34,35)36)12-25(32)27(19)42-16-38/h2,5,10-12,17,20,22-23H,3-4,6-9,13-16H2,1H3,(H,39,40)/t17-,22+,23-,30-/m0/s1. The van der Waals surface area contributed by atoms with Crippen molar-refractivity contribution in [2.75, 3.05) is 26.4 Å². The number of ether oxygens (including phenoxy) is 2. The van der Waals surface area contributed by atoms with Gasteiger partial charge in [0.2, 0.25) is 0 Å². The molecule has 6 rings (SSSR count). The highest BCUT2D eigenvalue weighted by Crippen LogP contribution is 2.49. The van der Waals surface area contributed by atoms with E-state index in [4.69, 9.17) is 21.1 Å². The van der Waals surface area contributed by atoms with Crippen molar-refractivity contribution in [3.8, 4) is 5.75 Å². The second-order valence-corrected chi connectivity index (χ2v) is 12.7. The number of rotatable bonds is 5. The molecule has 0 spiro atoms. The molecule has 4 aliphatic rings. The van der Waals surface area contributed by atoms with Crippen LogP contribution in [0, 0.1) is 17.7 Å². The summed E-state index contributed by atoms with van der Waals surface area (Å²) in [5, 5.41) is 9.19. The van der Waals surface area contributed by atoms with E-state index >= 15 is 0 Å². The van der Waals surface area contributed by atoms with Gasteiger partial charge in [-0.1, -0.05) is 24.6 Å². The molecule has 4 atom stereocenters. The van der Waals surface area contributed by atoms with Gasteiger partial charge in [-0.2, -0.15) is 13.2 Å². The molecule has 0 radical (unpaired) electrons. The normalized spacial score (nSPS) is 28.2. The van der Waals surface area contributed by atoms with Crippen LogP contribution >= 0.6 is 11.6 Å². The molecule has 232 valence electrons. The smallest absolute Gasteiger partial charge is 0.416 e. The first kappa shape index (κ1) is 30.1. The van der Waals surface area contributed by atoms with E-state index in [2.05, 4.69) is 11.8 Å². The number of halogens is 5. The number of benzene rings is 2. The fourth-order valence-corrected chi connectivity index (χ4v) is 7.40. The van der Waals surface area contributed by atoms with Gasteiger partial charge in [0.1, 0.15) is 17.2 Å². The summed E-state index contributed by atoms with van der Waals surface area (Å²) in [5.74, 6) is -1.78. The molecule has 1 saturated carbocycles. The summed E-state index contributed by atoms with van der Waals surface area (Å²) < 4.78 is 66.3. The van der Waals surface area contributed by atoms with E-state index in [9.17, 15) is 32.3 Å². The Labute approximate surface area is 251 Å². The van der Waals surface area contributed by atoms with Crippen molar-refractivity contribution in [1.29, 1.82) is 0 Å². The topological polar surface area (TPSA) is 79.3 Å². The van der Waals surface area contributed by atoms with Gasteiger partial charge in [0.05, 0.1) is 29.3 Å². The third-order valence-electron chi connectivity index (χ3n) is 9.54. The van der Waals surface area contributed by atoms with E-state index in [0.717, 1.165) is 56.5 Å². The minimum Gasteiger partial charge on any atom is -0.478 e. The second kappa shape index (κ2) is 11.2. The maximum absolute atomic E-state index is 14.0. The molecule has 2 saturated heterocycles. The zero-order chi connectivity index (χ0) is 30.7. The first-order valence-corrected chi connectivity index (χ1v) is 15.0. The van der Waals surface area contributed by atoms with Gasteiger partial charge in [0, 0.05) is 18.2 Å².